The highest BCUT2D eigenvalue weighted by molar-refractivity contribution is 4.73. The Morgan fingerprint density at radius 2 is 1.93 bits per heavy atom. The van der Waals surface area contributed by atoms with Crippen molar-refractivity contribution in [2.24, 2.45) is 11.3 Å². The molecule has 0 aromatic heterocycles. The zero-order valence-corrected chi connectivity index (χ0v) is 11.1. The molecule has 90 valence electrons. The first-order chi connectivity index (χ1) is 6.98. The molecule has 0 saturated heterocycles. The van der Waals surface area contributed by atoms with Gasteiger partial charge in [-0.2, -0.15) is 0 Å². The van der Waals surface area contributed by atoms with E-state index in [4.69, 9.17) is 0 Å². The van der Waals surface area contributed by atoms with Crippen molar-refractivity contribution in [2.75, 3.05) is 13.1 Å². The Balaban J connectivity index is 3.50. The number of hydrogen-bond donors (Lipinski definition) is 1. The molecule has 0 fully saturated rings. The van der Waals surface area contributed by atoms with E-state index in [0.29, 0.717) is 5.41 Å². The molecule has 0 amide bonds. The van der Waals surface area contributed by atoms with E-state index >= 15 is 0 Å². The largest absolute Gasteiger partial charge is 0.316 e. The fraction of sp³-hybridized carbons (Fsp3) is 0.857. The van der Waals surface area contributed by atoms with Crippen LogP contribution >= 0.6 is 0 Å². The van der Waals surface area contributed by atoms with Gasteiger partial charge in [0, 0.05) is 0 Å². The Morgan fingerprint density at radius 1 is 1.27 bits per heavy atom. The fourth-order valence-corrected chi connectivity index (χ4v) is 1.67. The molecular weight excluding hydrogens is 182 g/mol. The lowest BCUT2D eigenvalue weighted by atomic mass is 9.84. The number of rotatable bonds is 9. The zero-order valence-electron chi connectivity index (χ0n) is 11.1. The number of nitrogens with one attached hydrogen (secondary N) is 1. The third-order valence-corrected chi connectivity index (χ3v) is 2.79. The van der Waals surface area contributed by atoms with Crippen LogP contribution in [0.4, 0.5) is 0 Å². The molecule has 0 unspecified atom stereocenters. The molecule has 0 saturated carbocycles. The molecule has 0 aromatic carbocycles. The van der Waals surface area contributed by atoms with Gasteiger partial charge >= 0.3 is 0 Å². The summed E-state index contributed by atoms with van der Waals surface area (Å²) >= 11 is 0. The molecule has 0 heterocycles. The number of allylic oxidation sites excluding steroid dienone is 1. The van der Waals surface area contributed by atoms with E-state index in [9.17, 15) is 0 Å². The summed E-state index contributed by atoms with van der Waals surface area (Å²) in [5.74, 6) is 0.758. The Morgan fingerprint density at radius 3 is 2.47 bits per heavy atom. The summed E-state index contributed by atoms with van der Waals surface area (Å²) in [6.45, 7) is 15.3. The Kier molecular flexibility index (Phi) is 7.76. The normalized spacial score (nSPS) is 12.1. The fourth-order valence-electron chi connectivity index (χ4n) is 1.67. The van der Waals surface area contributed by atoms with Crippen LogP contribution in [0.5, 0.6) is 0 Å². The van der Waals surface area contributed by atoms with Gasteiger partial charge in [-0.15, -0.1) is 6.58 Å². The maximum Gasteiger partial charge on any atom is -0.00258 e. The van der Waals surface area contributed by atoms with Crippen LogP contribution in [0.1, 0.15) is 53.4 Å². The predicted molar refractivity (Wildman–Crippen MR) is 70.2 cm³/mol. The second-order valence-electron chi connectivity index (χ2n) is 5.69. The van der Waals surface area contributed by atoms with E-state index in [-0.39, 0.29) is 0 Å². The predicted octanol–water partition coefficient (Wildman–Crippen LogP) is 4.00. The average molecular weight is 211 g/mol. The van der Waals surface area contributed by atoms with Crippen LogP contribution < -0.4 is 5.32 Å². The van der Waals surface area contributed by atoms with Crippen molar-refractivity contribution in [1.29, 1.82) is 0 Å². The summed E-state index contributed by atoms with van der Waals surface area (Å²) in [5.41, 5.74) is 0.479. The van der Waals surface area contributed by atoms with Gasteiger partial charge < -0.3 is 5.32 Å². The van der Waals surface area contributed by atoms with Gasteiger partial charge in [0.15, 0.2) is 0 Å². The van der Waals surface area contributed by atoms with Crippen molar-refractivity contribution in [1.82, 2.24) is 5.32 Å². The van der Waals surface area contributed by atoms with Crippen molar-refractivity contribution in [3.63, 3.8) is 0 Å². The van der Waals surface area contributed by atoms with Crippen LogP contribution in [0.2, 0.25) is 0 Å². The molecule has 0 aliphatic heterocycles. The third-order valence-electron chi connectivity index (χ3n) is 2.79. The summed E-state index contributed by atoms with van der Waals surface area (Å²) in [6.07, 6.45) is 7.04. The molecule has 0 aliphatic rings. The van der Waals surface area contributed by atoms with E-state index < -0.39 is 0 Å². The van der Waals surface area contributed by atoms with Crippen LogP contribution in [0.15, 0.2) is 12.7 Å². The molecular formula is C14H29N. The average Bonchev–Trinajstić information content (AvgIpc) is 2.13. The topological polar surface area (TPSA) is 12.0 Å². The van der Waals surface area contributed by atoms with Crippen molar-refractivity contribution in [2.45, 2.75) is 53.4 Å². The van der Waals surface area contributed by atoms with E-state index in [2.05, 4.69) is 39.6 Å². The Labute approximate surface area is 96.3 Å². The first kappa shape index (κ1) is 14.7. The summed E-state index contributed by atoms with van der Waals surface area (Å²) in [4.78, 5) is 0. The highest BCUT2D eigenvalue weighted by Crippen LogP contribution is 2.26. The summed E-state index contributed by atoms with van der Waals surface area (Å²) in [5, 5.41) is 3.51. The van der Waals surface area contributed by atoms with Crippen LogP contribution in [0, 0.1) is 11.3 Å². The first-order valence-corrected chi connectivity index (χ1v) is 6.29. The minimum atomic E-state index is 0.479. The summed E-state index contributed by atoms with van der Waals surface area (Å²) < 4.78 is 0. The Hall–Kier alpha value is -0.300. The summed E-state index contributed by atoms with van der Waals surface area (Å²) in [7, 11) is 0. The molecule has 1 N–H and O–H groups in total. The molecule has 0 aliphatic carbocycles. The van der Waals surface area contributed by atoms with Crippen molar-refractivity contribution >= 4 is 0 Å². The molecule has 0 bridgehead atoms. The maximum atomic E-state index is 3.76. The SMILES string of the molecule is C=CCCCC(C)(C)CCNCC(C)C. The molecule has 15 heavy (non-hydrogen) atoms. The molecule has 0 atom stereocenters. The lowest BCUT2D eigenvalue weighted by molar-refractivity contribution is 0.293. The van der Waals surface area contributed by atoms with E-state index in [0.717, 1.165) is 25.4 Å². The molecule has 0 radical (unpaired) electrons. The molecule has 1 heteroatoms. The van der Waals surface area contributed by atoms with Crippen LogP contribution in [-0.2, 0) is 0 Å². The van der Waals surface area contributed by atoms with Crippen molar-refractivity contribution in [3.05, 3.63) is 12.7 Å². The number of unbranched alkanes of at least 4 members (excludes halogenated alkanes) is 1. The highest BCUT2D eigenvalue weighted by atomic mass is 14.8. The number of hydrogen-bond acceptors (Lipinski definition) is 1. The van der Waals surface area contributed by atoms with Crippen LogP contribution in [-0.4, -0.2) is 13.1 Å². The van der Waals surface area contributed by atoms with E-state index in [1.54, 1.807) is 0 Å². The molecule has 0 spiro atoms. The van der Waals surface area contributed by atoms with Gasteiger partial charge in [0.1, 0.15) is 0 Å². The monoisotopic (exact) mass is 211 g/mol. The zero-order chi connectivity index (χ0) is 11.7. The van der Waals surface area contributed by atoms with Crippen molar-refractivity contribution < 1.29 is 0 Å². The first-order valence-electron chi connectivity index (χ1n) is 6.29. The van der Waals surface area contributed by atoms with Crippen LogP contribution in [0.3, 0.4) is 0 Å². The standard InChI is InChI=1S/C14H29N/c1-6-7-8-9-14(4,5)10-11-15-12-13(2)3/h6,13,15H,1,7-12H2,2-5H3. The third kappa shape index (κ3) is 9.99. The quantitative estimate of drug-likeness (QED) is 0.449. The van der Waals surface area contributed by atoms with Gasteiger partial charge in [-0.3, -0.25) is 0 Å². The second-order valence-corrected chi connectivity index (χ2v) is 5.69. The minimum Gasteiger partial charge on any atom is -0.316 e. The van der Waals surface area contributed by atoms with E-state index in [1.807, 2.05) is 6.08 Å². The lowest BCUT2D eigenvalue weighted by Crippen LogP contribution is -2.25. The smallest absolute Gasteiger partial charge is 0.00258 e. The van der Waals surface area contributed by atoms with E-state index in [1.165, 1.54) is 19.3 Å². The van der Waals surface area contributed by atoms with Gasteiger partial charge in [0.05, 0.1) is 0 Å². The second kappa shape index (κ2) is 7.92. The van der Waals surface area contributed by atoms with Gasteiger partial charge in [0.25, 0.3) is 0 Å². The minimum absolute atomic E-state index is 0.479. The highest BCUT2D eigenvalue weighted by Gasteiger charge is 2.16. The molecule has 1 nitrogen and oxygen atoms in total. The van der Waals surface area contributed by atoms with Gasteiger partial charge in [-0.1, -0.05) is 33.8 Å². The Bertz CT molecular complexity index is 159. The van der Waals surface area contributed by atoms with Gasteiger partial charge in [-0.05, 0) is 50.1 Å². The van der Waals surface area contributed by atoms with Gasteiger partial charge in [-0.25, -0.2) is 0 Å². The maximum absolute atomic E-state index is 3.76. The lowest BCUT2D eigenvalue weighted by Gasteiger charge is -2.24. The summed E-state index contributed by atoms with van der Waals surface area (Å²) in [6, 6.07) is 0. The van der Waals surface area contributed by atoms with Gasteiger partial charge in [0.2, 0.25) is 0 Å². The van der Waals surface area contributed by atoms with Crippen LogP contribution in [0.25, 0.3) is 0 Å². The molecule has 0 aromatic rings. The van der Waals surface area contributed by atoms with Crippen molar-refractivity contribution in [3.8, 4) is 0 Å². The molecule has 0 rings (SSSR count).